The maximum absolute atomic E-state index is 13.1. The summed E-state index contributed by atoms with van der Waals surface area (Å²) in [6.45, 7) is 5.24. The Hall–Kier alpha value is -2.08. The molecular weight excluding hydrogens is 336 g/mol. The van der Waals surface area contributed by atoms with E-state index in [1.54, 1.807) is 25.1 Å². The fraction of sp³-hybridized carbons (Fsp3) is 0.421. The lowest BCUT2D eigenvalue weighted by atomic mass is 9.99. The van der Waals surface area contributed by atoms with Crippen molar-refractivity contribution in [2.24, 2.45) is 5.92 Å². The molecule has 0 N–H and O–H groups in total. The second kappa shape index (κ2) is 5.73. The molecule has 6 heteroatoms. The standard InChI is InChI=1S/C19H22N2O3S/c1-13-6-5-11-20(12-13)19(22)14(2)21-16-9-3-7-15-8-4-10-17(18(15)16)25(21,23)24/h3-4,7-10,13-14H,5-6,11-12H2,1-2H3/t13-,14+/m1/s1. The van der Waals surface area contributed by atoms with E-state index in [0.717, 1.165) is 23.6 Å². The highest BCUT2D eigenvalue weighted by atomic mass is 32.2. The van der Waals surface area contributed by atoms with Gasteiger partial charge in [-0.15, -0.1) is 0 Å². The molecule has 2 heterocycles. The minimum Gasteiger partial charge on any atom is -0.341 e. The summed E-state index contributed by atoms with van der Waals surface area (Å²) in [5.74, 6) is 0.348. The van der Waals surface area contributed by atoms with E-state index < -0.39 is 16.1 Å². The van der Waals surface area contributed by atoms with Gasteiger partial charge in [-0.25, -0.2) is 8.42 Å². The third-order valence-corrected chi connectivity index (χ3v) is 7.22. The van der Waals surface area contributed by atoms with Crippen LogP contribution in [-0.4, -0.2) is 38.4 Å². The highest BCUT2D eigenvalue weighted by Gasteiger charge is 2.42. The molecule has 4 rings (SSSR count). The average Bonchev–Trinajstić information content (AvgIpc) is 2.83. The highest BCUT2D eigenvalue weighted by molar-refractivity contribution is 7.93. The summed E-state index contributed by atoms with van der Waals surface area (Å²) in [4.78, 5) is 15.1. The number of nitrogens with zero attached hydrogens (tertiary/aromatic N) is 2. The quantitative estimate of drug-likeness (QED) is 0.829. The Morgan fingerprint density at radius 1 is 1.20 bits per heavy atom. The van der Waals surface area contributed by atoms with Crippen molar-refractivity contribution >= 4 is 32.4 Å². The second-order valence-electron chi connectivity index (χ2n) is 7.14. The van der Waals surface area contributed by atoms with E-state index in [9.17, 15) is 13.2 Å². The van der Waals surface area contributed by atoms with E-state index in [-0.39, 0.29) is 5.91 Å². The fourth-order valence-corrected chi connectivity index (χ4v) is 5.95. The van der Waals surface area contributed by atoms with E-state index in [0.29, 0.717) is 29.6 Å². The van der Waals surface area contributed by atoms with Crippen molar-refractivity contribution in [2.45, 2.75) is 37.6 Å². The van der Waals surface area contributed by atoms with Crippen LogP contribution in [0, 0.1) is 5.92 Å². The van der Waals surface area contributed by atoms with Crippen molar-refractivity contribution in [1.82, 2.24) is 4.90 Å². The van der Waals surface area contributed by atoms with Gasteiger partial charge in [0.2, 0.25) is 5.91 Å². The summed E-state index contributed by atoms with van der Waals surface area (Å²) < 4.78 is 27.5. The number of carbonyl (C=O) groups is 1. The number of anilines is 1. The van der Waals surface area contributed by atoms with Gasteiger partial charge in [-0.05, 0) is 43.2 Å². The molecule has 1 fully saturated rings. The zero-order chi connectivity index (χ0) is 17.8. The Bertz CT molecular complexity index is 949. The number of hydrogen-bond acceptors (Lipinski definition) is 3. The van der Waals surface area contributed by atoms with Crippen LogP contribution in [0.15, 0.2) is 41.3 Å². The topological polar surface area (TPSA) is 57.7 Å². The maximum Gasteiger partial charge on any atom is 0.265 e. The Kier molecular flexibility index (Phi) is 3.76. The molecular formula is C19H22N2O3S. The third kappa shape index (κ3) is 2.42. The first kappa shape index (κ1) is 16.4. The van der Waals surface area contributed by atoms with Gasteiger partial charge < -0.3 is 4.90 Å². The van der Waals surface area contributed by atoms with Crippen LogP contribution in [0.3, 0.4) is 0 Å². The van der Waals surface area contributed by atoms with Gasteiger partial charge >= 0.3 is 0 Å². The summed E-state index contributed by atoms with van der Waals surface area (Å²) in [5.41, 5.74) is 0.610. The number of rotatable bonds is 2. The van der Waals surface area contributed by atoms with Gasteiger partial charge in [-0.1, -0.05) is 31.2 Å². The van der Waals surface area contributed by atoms with Gasteiger partial charge in [-0.3, -0.25) is 9.10 Å². The van der Waals surface area contributed by atoms with Crippen LogP contribution >= 0.6 is 0 Å². The van der Waals surface area contributed by atoms with Crippen molar-refractivity contribution in [1.29, 1.82) is 0 Å². The summed E-state index contributed by atoms with van der Waals surface area (Å²) in [5, 5.41) is 1.60. The lowest BCUT2D eigenvalue weighted by Gasteiger charge is -2.35. The monoisotopic (exact) mass is 358 g/mol. The van der Waals surface area contributed by atoms with Crippen molar-refractivity contribution in [3.05, 3.63) is 36.4 Å². The van der Waals surface area contributed by atoms with E-state index in [4.69, 9.17) is 0 Å². The van der Waals surface area contributed by atoms with Gasteiger partial charge in [0.1, 0.15) is 6.04 Å². The zero-order valence-electron chi connectivity index (χ0n) is 14.5. The van der Waals surface area contributed by atoms with Crippen LogP contribution in [0.5, 0.6) is 0 Å². The Morgan fingerprint density at radius 2 is 1.92 bits per heavy atom. The average molecular weight is 358 g/mol. The summed E-state index contributed by atoms with van der Waals surface area (Å²) in [6.07, 6.45) is 2.09. The van der Waals surface area contributed by atoms with Crippen LogP contribution in [0.1, 0.15) is 26.7 Å². The molecule has 5 nitrogen and oxygen atoms in total. The predicted molar refractivity (Wildman–Crippen MR) is 98.1 cm³/mol. The minimum atomic E-state index is -3.71. The maximum atomic E-state index is 13.1. The third-order valence-electron chi connectivity index (χ3n) is 5.30. The van der Waals surface area contributed by atoms with Crippen LogP contribution < -0.4 is 4.31 Å². The largest absolute Gasteiger partial charge is 0.341 e. The smallest absolute Gasteiger partial charge is 0.265 e. The van der Waals surface area contributed by atoms with E-state index in [2.05, 4.69) is 6.92 Å². The molecule has 2 atom stereocenters. The lowest BCUT2D eigenvalue weighted by molar-refractivity contribution is -0.133. The van der Waals surface area contributed by atoms with E-state index in [1.165, 1.54) is 4.31 Å². The second-order valence-corrected chi connectivity index (χ2v) is 8.92. The molecule has 0 bridgehead atoms. The van der Waals surface area contributed by atoms with Crippen molar-refractivity contribution < 1.29 is 13.2 Å². The number of sulfonamides is 1. The number of amides is 1. The van der Waals surface area contributed by atoms with Crippen LogP contribution in [0.25, 0.3) is 10.8 Å². The highest BCUT2D eigenvalue weighted by Crippen LogP contribution is 2.43. The van der Waals surface area contributed by atoms with Gasteiger partial charge in [0, 0.05) is 18.5 Å². The summed E-state index contributed by atoms with van der Waals surface area (Å²) in [6, 6.07) is 10.1. The molecule has 0 unspecified atom stereocenters. The van der Waals surface area contributed by atoms with Gasteiger partial charge in [0.25, 0.3) is 10.0 Å². The van der Waals surface area contributed by atoms with Crippen molar-refractivity contribution in [3.63, 3.8) is 0 Å². The molecule has 132 valence electrons. The number of carbonyl (C=O) groups excluding carboxylic acids is 1. The molecule has 2 aromatic rings. The Morgan fingerprint density at radius 3 is 2.64 bits per heavy atom. The van der Waals surface area contributed by atoms with Crippen LogP contribution in [-0.2, 0) is 14.8 Å². The van der Waals surface area contributed by atoms with E-state index in [1.807, 2.05) is 23.1 Å². The normalized spacial score (nSPS) is 23.0. The van der Waals surface area contributed by atoms with Gasteiger partial charge in [-0.2, -0.15) is 0 Å². The molecule has 1 saturated heterocycles. The first-order chi connectivity index (χ1) is 11.9. The molecule has 2 aliphatic heterocycles. The molecule has 0 aliphatic carbocycles. The molecule has 0 saturated carbocycles. The molecule has 0 radical (unpaired) electrons. The molecule has 0 aromatic heterocycles. The SMILES string of the molecule is C[C@@H]1CCCN(C(=O)[C@H](C)N2c3cccc4cccc(c34)S2(=O)=O)C1. The first-order valence-corrected chi connectivity index (χ1v) is 10.2. The number of hydrogen-bond donors (Lipinski definition) is 0. The fourth-order valence-electron chi connectivity index (χ4n) is 4.09. The number of benzene rings is 2. The Balaban J connectivity index is 1.76. The molecule has 25 heavy (non-hydrogen) atoms. The van der Waals surface area contributed by atoms with Gasteiger partial charge in [0.05, 0.1) is 10.6 Å². The minimum absolute atomic E-state index is 0.111. The zero-order valence-corrected chi connectivity index (χ0v) is 15.3. The van der Waals surface area contributed by atoms with Crippen LogP contribution in [0.2, 0.25) is 0 Å². The molecule has 0 spiro atoms. The first-order valence-electron chi connectivity index (χ1n) is 8.76. The molecule has 2 aromatic carbocycles. The number of piperidine rings is 1. The Labute approximate surface area is 148 Å². The molecule has 1 amide bonds. The lowest BCUT2D eigenvalue weighted by Crippen LogP contribution is -2.50. The van der Waals surface area contributed by atoms with Crippen LogP contribution in [0.4, 0.5) is 5.69 Å². The summed E-state index contributed by atoms with van der Waals surface area (Å²) >= 11 is 0. The van der Waals surface area contributed by atoms with Gasteiger partial charge in [0.15, 0.2) is 0 Å². The number of likely N-dealkylation sites (tertiary alicyclic amines) is 1. The van der Waals surface area contributed by atoms with Crippen molar-refractivity contribution in [2.75, 3.05) is 17.4 Å². The summed E-state index contributed by atoms with van der Waals surface area (Å²) in [7, 11) is -3.71. The molecule has 2 aliphatic rings. The predicted octanol–water partition coefficient (Wildman–Crippen LogP) is 3.00. The van der Waals surface area contributed by atoms with E-state index >= 15 is 0 Å². The van der Waals surface area contributed by atoms with Crippen molar-refractivity contribution in [3.8, 4) is 0 Å².